The van der Waals surface area contributed by atoms with Crippen molar-refractivity contribution in [3.63, 3.8) is 0 Å². The molecule has 2 fully saturated rings. The molecule has 1 aromatic rings. The monoisotopic (exact) mass is 301 g/mol. The summed E-state index contributed by atoms with van der Waals surface area (Å²) in [6, 6.07) is 8.73. The Morgan fingerprint density at radius 3 is 2.59 bits per heavy atom. The lowest BCUT2D eigenvalue weighted by Gasteiger charge is -2.36. The first kappa shape index (κ1) is 15.5. The third-order valence-corrected chi connectivity index (χ3v) is 4.88. The van der Waals surface area contributed by atoms with Crippen LogP contribution in [0.3, 0.4) is 0 Å². The fourth-order valence-electron chi connectivity index (χ4n) is 3.68. The lowest BCUT2D eigenvalue weighted by Crippen LogP contribution is -2.45. The van der Waals surface area contributed by atoms with Crippen molar-refractivity contribution in [2.45, 2.75) is 38.6 Å². The molecule has 0 aliphatic carbocycles. The minimum absolute atomic E-state index is 0.102. The first-order chi connectivity index (χ1) is 10.7. The summed E-state index contributed by atoms with van der Waals surface area (Å²) in [4.78, 5) is 17.1. The van der Waals surface area contributed by atoms with Crippen molar-refractivity contribution >= 4 is 11.6 Å². The molecule has 0 atom stereocenters. The first-order valence-corrected chi connectivity index (χ1v) is 8.53. The van der Waals surface area contributed by atoms with Gasteiger partial charge >= 0.3 is 0 Å². The Morgan fingerprint density at radius 2 is 1.91 bits per heavy atom. The van der Waals surface area contributed by atoms with Gasteiger partial charge in [0.2, 0.25) is 5.91 Å². The SMILES string of the molecule is Cc1cccc(NC(=O)CN2CCC(N3CCCC3)CC2)c1. The van der Waals surface area contributed by atoms with Gasteiger partial charge < -0.3 is 10.2 Å². The van der Waals surface area contributed by atoms with Gasteiger partial charge in [0, 0.05) is 24.8 Å². The van der Waals surface area contributed by atoms with Gasteiger partial charge in [-0.3, -0.25) is 9.69 Å². The fourth-order valence-corrected chi connectivity index (χ4v) is 3.68. The minimum Gasteiger partial charge on any atom is -0.325 e. The van der Waals surface area contributed by atoms with Crippen molar-refractivity contribution in [1.29, 1.82) is 0 Å². The summed E-state index contributed by atoms with van der Waals surface area (Å²) in [6.45, 7) is 7.20. The summed E-state index contributed by atoms with van der Waals surface area (Å²) in [5, 5.41) is 3.01. The van der Waals surface area contributed by atoms with Crippen LogP contribution in [0.5, 0.6) is 0 Å². The molecular formula is C18H27N3O. The fraction of sp³-hybridized carbons (Fsp3) is 0.611. The molecular weight excluding hydrogens is 274 g/mol. The van der Waals surface area contributed by atoms with Crippen LogP contribution in [-0.2, 0) is 4.79 Å². The van der Waals surface area contributed by atoms with Crippen molar-refractivity contribution < 1.29 is 4.79 Å². The number of nitrogens with one attached hydrogen (secondary N) is 1. The molecule has 1 amide bonds. The molecule has 22 heavy (non-hydrogen) atoms. The number of amides is 1. The smallest absolute Gasteiger partial charge is 0.238 e. The van der Waals surface area contributed by atoms with Crippen molar-refractivity contribution in [2.75, 3.05) is 38.0 Å². The molecule has 2 heterocycles. The summed E-state index contributed by atoms with van der Waals surface area (Å²) in [6.07, 6.45) is 5.13. The van der Waals surface area contributed by atoms with E-state index in [1.807, 2.05) is 31.2 Å². The highest BCUT2D eigenvalue weighted by Crippen LogP contribution is 2.21. The quantitative estimate of drug-likeness (QED) is 0.928. The molecule has 0 aromatic heterocycles. The zero-order valence-corrected chi connectivity index (χ0v) is 13.6. The van der Waals surface area contributed by atoms with Crippen molar-refractivity contribution in [1.82, 2.24) is 9.80 Å². The van der Waals surface area contributed by atoms with Crippen molar-refractivity contribution in [2.24, 2.45) is 0 Å². The molecule has 2 saturated heterocycles. The Balaban J connectivity index is 1.43. The van der Waals surface area contributed by atoms with E-state index in [0.717, 1.165) is 24.8 Å². The van der Waals surface area contributed by atoms with Crippen molar-refractivity contribution in [3.8, 4) is 0 Å². The topological polar surface area (TPSA) is 35.6 Å². The molecule has 3 rings (SSSR count). The number of nitrogens with zero attached hydrogens (tertiary/aromatic N) is 2. The number of anilines is 1. The third-order valence-electron chi connectivity index (χ3n) is 4.88. The second-order valence-corrected chi connectivity index (χ2v) is 6.67. The van der Waals surface area contributed by atoms with Gasteiger partial charge in [-0.25, -0.2) is 0 Å². The van der Waals surface area contributed by atoms with E-state index < -0.39 is 0 Å². The maximum Gasteiger partial charge on any atom is 0.238 e. The van der Waals surface area contributed by atoms with Crippen LogP contribution in [0.25, 0.3) is 0 Å². The second-order valence-electron chi connectivity index (χ2n) is 6.67. The normalized spacial score (nSPS) is 21.1. The van der Waals surface area contributed by atoms with E-state index in [2.05, 4.69) is 15.1 Å². The zero-order chi connectivity index (χ0) is 15.4. The van der Waals surface area contributed by atoms with Gasteiger partial charge in [-0.1, -0.05) is 12.1 Å². The highest BCUT2D eigenvalue weighted by molar-refractivity contribution is 5.92. The van der Waals surface area contributed by atoms with E-state index in [9.17, 15) is 4.79 Å². The number of likely N-dealkylation sites (tertiary alicyclic amines) is 2. The zero-order valence-electron chi connectivity index (χ0n) is 13.6. The number of rotatable bonds is 4. The van der Waals surface area contributed by atoms with Gasteiger partial charge in [0.1, 0.15) is 0 Å². The molecule has 0 unspecified atom stereocenters. The highest BCUT2D eigenvalue weighted by atomic mass is 16.2. The third kappa shape index (κ3) is 4.08. The molecule has 1 aromatic carbocycles. The van der Waals surface area contributed by atoms with Crippen LogP contribution in [0.15, 0.2) is 24.3 Å². The number of hydrogen-bond donors (Lipinski definition) is 1. The molecule has 2 aliphatic heterocycles. The summed E-state index contributed by atoms with van der Waals surface area (Å²) in [5.41, 5.74) is 2.07. The average molecular weight is 301 g/mol. The minimum atomic E-state index is 0.102. The van der Waals surface area contributed by atoms with Gasteiger partial charge in [-0.05, 0) is 63.4 Å². The summed E-state index contributed by atoms with van der Waals surface area (Å²) < 4.78 is 0. The molecule has 4 nitrogen and oxygen atoms in total. The Hall–Kier alpha value is -1.39. The molecule has 0 spiro atoms. The second kappa shape index (κ2) is 7.25. The van der Waals surface area contributed by atoms with Crippen LogP contribution in [0.4, 0.5) is 5.69 Å². The number of piperidine rings is 1. The number of carbonyl (C=O) groups excluding carboxylic acids is 1. The maximum absolute atomic E-state index is 12.2. The molecule has 0 saturated carbocycles. The van der Waals surface area contributed by atoms with E-state index in [4.69, 9.17) is 0 Å². The highest BCUT2D eigenvalue weighted by Gasteiger charge is 2.26. The Morgan fingerprint density at radius 1 is 1.18 bits per heavy atom. The lowest BCUT2D eigenvalue weighted by molar-refractivity contribution is -0.117. The van der Waals surface area contributed by atoms with Crippen LogP contribution < -0.4 is 5.32 Å². The molecule has 1 N–H and O–H groups in total. The van der Waals surface area contributed by atoms with Crippen LogP contribution in [0, 0.1) is 6.92 Å². The van der Waals surface area contributed by atoms with E-state index in [-0.39, 0.29) is 5.91 Å². The van der Waals surface area contributed by atoms with E-state index in [1.165, 1.54) is 44.3 Å². The van der Waals surface area contributed by atoms with E-state index >= 15 is 0 Å². The van der Waals surface area contributed by atoms with Crippen molar-refractivity contribution in [3.05, 3.63) is 29.8 Å². The van der Waals surface area contributed by atoms with Crippen LogP contribution in [-0.4, -0.2) is 54.5 Å². The van der Waals surface area contributed by atoms with E-state index in [1.54, 1.807) is 0 Å². The predicted molar refractivity (Wildman–Crippen MR) is 90.1 cm³/mol. The molecule has 120 valence electrons. The molecule has 0 radical (unpaired) electrons. The number of aryl methyl sites for hydroxylation is 1. The van der Waals surface area contributed by atoms with Crippen LogP contribution in [0.1, 0.15) is 31.2 Å². The van der Waals surface area contributed by atoms with E-state index in [0.29, 0.717) is 6.54 Å². The molecule has 0 bridgehead atoms. The summed E-state index contributed by atoms with van der Waals surface area (Å²) in [7, 11) is 0. The van der Waals surface area contributed by atoms with Crippen LogP contribution >= 0.6 is 0 Å². The summed E-state index contributed by atoms with van der Waals surface area (Å²) >= 11 is 0. The Labute approximate surface area is 133 Å². The molecule has 2 aliphatic rings. The van der Waals surface area contributed by atoms with Crippen LogP contribution in [0.2, 0.25) is 0 Å². The molecule has 4 heteroatoms. The van der Waals surface area contributed by atoms with Gasteiger partial charge in [0.05, 0.1) is 6.54 Å². The number of hydrogen-bond acceptors (Lipinski definition) is 3. The van der Waals surface area contributed by atoms with Gasteiger partial charge in [0.25, 0.3) is 0 Å². The Kier molecular flexibility index (Phi) is 5.11. The largest absolute Gasteiger partial charge is 0.325 e. The average Bonchev–Trinajstić information content (AvgIpc) is 3.02. The Bertz CT molecular complexity index is 503. The maximum atomic E-state index is 12.2. The predicted octanol–water partition coefficient (Wildman–Crippen LogP) is 2.49. The number of carbonyl (C=O) groups is 1. The lowest BCUT2D eigenvalue weighted by atomic mass is 10.0. The van der Waals surface area contributed by atoms with Gasteiger partial charge in [-0.15, -0.1) is 0 Å². The van der Waals surface area contributed by atoms with Gasteiger partial charge in [0.15, 0.2) is 0 Å². The first-order valence-electron chi connectivity index (χ1n) is 8.53. The standard InChI is InChI=1S/C18H27N3O/c1-15-5-4-6-16(13-15)19-18(22)14-20-11-7-17(8-12-20)21-9-2-3-10-21/h4-6,13,17H,2-3,7-12,14H2,1H3,(H,19,22). The van der Waals surface area contributed by atoms with Gasteiger partial charge in [-0.2, -0.15) is 0 Å². The number of benzene rings is 1. The summed E-state index contributed by atoms with van der Waals surface area (Å²) in [5.74, 6) is 0.102.